The van der Waals surface area contributed by atoms with Gasteiger partial charge in [0.2, 0.25) is 5.75 Å². The lowest BCUT2D eigenvalue weighted by atomic mass is 9.97. The molecule has 1 fully saturated rings. The van der Waals surface area contributed by atoms with Crippen LogP contribution < -0.4 is 14.2 Å². The molecular weight excluding hydrogens is 452 g/mol. The summed E-state index contributed by atoms with van der Waals surface area (Å²) in [5, 5.41) is 9.35. The topological polar surface area (TPSA) is 110 Å². The molecule has 182 valence electrons. The standard InChI is InChI=1S/C23H30O9S/c1-27-17-12-15(13-18(28-2)21(17)29-3)20-23(31-10-9-24)22(30-4)19(32-20)14-7-6-8-16(11-14)33(5,25)26/h6-8,11-13,19-20,22-24H,9-10H2,1-5H3. The molecule has 1 aliphatic heterocycles. The van der Waals surface area contributed by atoms with Gasteiger partial charge in [0.1, 0.15) is 24.4 Å². The van der Waals surface area contributed by atoms with Crippen LogP contribution in [-0.4, -0.2) is 73.6 Å². The molecule has 0 bridgehead atoms. The Morgan fingerprint density at radius 1 is 0.909 bits per heavy atom. The number of benzene rings is 2. The Hall–Kier alpha value is -2.37. The van der Waals surface area contributed by atoms with Crippen LogP contribution in [0.3, 0.4) is 0 Å². The van der Waals surface area contributed by atoms with E-state index in [0.29, 0.717) is 28.4 Å². The van der Waals surface area contributed by atoms with Gasteiger partial charge in [-0.05, 0) is 35.4 Å². The van der Waals surface area contributed by atoms with Crippen LogP contribution in [0.25, 0.3) is 0 Å². The van der Waals surface area contributed by atoms with Crippen molar-refractivity contribution in [1.29, 1.82) is 0 Å². The molecule has 10 heteroatoms. The van der Waals surface area contributed by atoms with Gasteiger partial charge in [0.15, 0.2) is 21.3 Å². The highest BCUT2D eigenvalue weighted by molar-refractivity contribution is 7.90. The fourth-order valence-corrected chi connectivity index (χ4v) is 4.69. The van der Waals surface area contributed by atoms with Gasteiger partial charge in [0.25, 0.3) is 0 Å². The summed E-state index contributed by atoms with van der Waals surface area (Å²) in [6.45, 7) is -0.103. The number of sulfone groups is 1. The van der Waals surface area contributed by atoms with E-state index in [2.05, 4.69) is 0 Å². The average Bonchev–Trinajstić information content (AvgIpc) is 3.19. The zero-order valence-corrected chi connectivity index (χ0v) is 20.1. The zero-order chi connectivity index (χ0) is 24.2. The second kappa shape index (κ2) is 10.7. The third kappa shape index (κ3) is 5.25. The molecule has 4 unspecified atom stereocenters. The molecule has 9 nitrogen and oxygen atoms in total. The number of methoxy groups -OCH3 is 4. The number of hydrogen-bond donors (Lipinski definition) is 1. The van der Waals surface area contributed by atoms with E-state index in [-0.39, 0.29) is 18.1 Å². The molecule has 2 aromatic rings. The van der Waals surface area contributed by atoms with Crippen molar-refractivity contribution < 1.29 is 41.9 Å². The van der Waals surface area contributed by atoms with E-state index in [9.17, 15) is 13.5 Å². The maximum atomic E-state index is 12.1. The largest absolute Gasteiger partial charge is 0.493 e. The van der Waals surface area contributed by atoms with Crippen LogP contribution in [0.4, 0.5) is 0 Å². The fourth-order valence-electron chi connectivity index (χ4n) is 4.01. The van der Waals surface area contributed by atoms with Gasteiger partial charge in [-0.15, -0.1) is 0 Å². The van der Waals surface area contributed by atoms with Crippen LogP contribution in [0.1, 0.15) is 23.3 Å². The average molecular weight is 483 g/mol. The normalized spacial score (nSPS) is 22.8. The first kappa shape index (κ1) is 25.3. The Bertz CT molecular complexity index is 1030. The van der Waals surface area contributed by atoms with Crippen molar-refractivity contribution in [3.63, 3.8) is 0 Å². The summed E-state index contributed by atoms with van der Waals surface area (Å²) in [7, 11) is 2.69. The molecule has 1 saturated heterocycles. The number of rotatable bonds is 10. The Morgan fingerprint density at radius 3 is 2.06 bits per heavy atom. The Labute approximate surface area is 194 Å². The summed E-state index contributed by atoms with van der Waals surface area (Å²) in [5.74, 6) is 1.34. The maximum Gasteiger partial charge on any atom is 0.203 e. The molecule has 1 aliphatic rings. The highest BCUT2D eigenvalue weighted by atomic mass is 32.2. The SMILES string of the molecule is COc1cc(C2OC(c3cccc(S(C)(=O)=O)c3)C(OC)C2OCCO)cc(OC)c1OC. The minimum atomic E-state index is -3.41. The zero-order valence-electron chi connectivity index (χ0n) is 19.3. The number of ether oxygens (including phenoxy) is 6. The van der Waals surface area contributed by atoms with E-state index in [0.717, 1.165) is 6.26 Å². The van der Waals surface area contributed by atoms with Crippen molar-refractivity contribution in [2.45, 2.75) is 29.3 Å². The predicted molar refractivity (Wildman–Crippen MR) is 120 cm³/mol. The first-order valence-corrected chi connectivity index (χ1v) is 12.2. The summed E-state index contributed by atoms with van der Waals surface area (Å²) >= 11 is 0. The van der Waals surface area contributed by atoms with E-state index >= 15 is 0 Å². The summed E-state index contributed by atoms with van der Waals surface area (Å²) in [6, 6.07) is 10.1. The molecule has 4 atom stereocenters. The van der Waals surface area contributed by atoms with E-state index in [1.165, 1.54) is 34.5 Å². The molecule has 3 rings (SSSR count). The first-order valence-electron chi connectivity index (χ1n) is 10.3. The summed E-state index contributed by atoms with van der Waals surface area (Å²) in [4.78, 5) is 0.183. The molecule has 1 N–H and O–H groups in total. The highest BCUT2D eigenvalue weighted by Crippen LogP contribution is 2.48. The Balaban J connectivity index is 2.08. The van der Waals surface area contributed by atoms with Crippen molar-refractivity contribution in [1.82, 2.24) is 0 Å². The smallest absolute Gasteiger partial charge is 0.203 e. The number of aliphatic hydroxyl groups excluding tert-OH is 1. The Morgan fingerprint density at radius 2 is 1.55 bits per heavy atom. The van der Waals surface area contributed by atoms with Crippen LogP contribution in [0, 0.1) is 0 Å². The minimum Gasteiger partial charge on any atom is -0.493 e. The monoisotopic (exact) mass is 482 g/mol. The van der Waals surface area contributed by atoms with Crippen molar-refractivity contribution in [2.24, 2.45) is 0 Å². The summed E-state index contributed by atoms with van der Waals surface area (Å²) < 4.78 is 58.6. The van der Waals surface area contributed by atoms with Crippen molar-refractivity contribution in [2.75, 3.05) is 47.9 Å². The van der Waals surface area contributed by atoms with Gasteiger partial charge in [-0.25, -0.2) is 8.42 Å². The van der Waals surface area contributed by atoms with Gasteiger partial charge in [-0.2, -0.15) is 0 Å². The summed E-state index contributed by atoms with van der Waals surface area (Å²) in [5.41, 5.74) is 1.33. The van der Waals surface area contributed by atoms with Gasteiger partial charge in [0.05, 0.1) is 39.4 Å². The second-order valence-electron chi connectivity index (χ2n) is 7.54. The summed E-state index contributed by atoms with van der Waals surface area (Å²) in [6.07, 6.45) is -1.26. The van der Waals surface area contributed by atoms with Gasteiger partial charge in [-0.3, -0.25) is 0 Å². The van der Waals surface area contributed by atoms with Crippen molar-refractivity contribution in [3.05, 3.63) is 47.5 Å². The lowest BCUT2D eigenvalue weighted by Crippen LogP contribution is -2.33. The molecule has 0 amide bonds. The quantitative estimate of drug-likeness (QED) is 0.545. The number of aliphatic hydroxyl groups is 1. The molecule has 0 radical (unpaired) electrons. The Kier molecular flexibility index (Phi) is 8.19. The third-order valence-corrected chi connectivity index (χ3v) is 6.63. The molecule has 33 heavy (non-hydrogen) atoms. The van der Waals surface area contributed by atoms with Crippen molar-refractivity contribution in [3.8, 4) is 17.2 Å². The predicted octanol–water partition coefficient (Wildman–Crippen LogP) is 2.32. The molecule has 0 aromatic heterocycles. The lowest BCUT2D eigenvalue weighted by Gasteiger charge is -2.24. The maximum absolute atomic E-state index is 12.1. The third-order valence-electron chi connectivity index (χ3n) is 5.52. The molecule has 2 aromatic carbocycles. The number of hydrogen-bond acceptors (Lipinski definition) is 9. The second-order valence-corrected chi connectivity index (χ2v) is 9.56. The van der Waals surface area contributed by atoms with E-state index < -0.39 is 34.3 Å². The van der Waals surface area contributed by atoms with E-state index in [1.807, 2.05) is 0 Å². The first-order chi connectivity index (χ1) is 15.8. The van der Waals surface area contributed by atoms with Gasteiger partial charge in [-0.1, -0.05) is 12.1 Å². The van der Waals surface area contributed by atoms with Crippen LogP contribution in [0.15, 0.2) is 41.3 Å². The van der Waals surface area contributed by atoms with E-state index in [4.69, 9.17) is 28.4 Å². The molecule has 0 spiro atoms. The fraction of sp³-hybridized carbons (Fsp3) is 0.478. The lowest BCUT2D eigenvalue weighted by molar-refractivity contribution is -0.0601. The van der Waals surface area contributed by atoms with Gasteiger partial charge in [0, 0.05) is 13.4 Å². The molecular formula is C23H30O9S. The van der Waals surface area contributed by atoms with Crippen molar-refractivity contribution >= 4 is 9.84 Å². The highest BCUT2D eigenvalue weighted by Gasteiger charge is 2.47. The van der Waals surface area contributed by atoms with E-state index in [1.54, 1.807) is 30.3 Å². The molecule has 1 heterocycles. The van der Waals surface area contributed by atoms with Crippen LogP contribution in [-0.2, 0) is 24.0 Å². The van der Waals surface area contributed by atoms with Crippen LogP contribution in [0.5, 0.6) is 17.2 Å². The van der Waals surface area contributed by atoms with Gasteiger partial charge < -0.3 is 33.5 Å². The van der Waals surface area contributed by atoms with Crippen LogP contribution >= 0.6 is 0 Å². The van der Waals surface area contributed by atoms with Gasteiger partial charge >= 0.3 is 0 Å². The van der Waals surface area contributed by atoms with Crippen LogP contribution in [0.2, 0.25) is 0 Å². The minimum absolute atomic E-state index is 0.0743. The molecule has 0 saturated carbocycles. The molecule has 0 aliphatic carbocycles.